The summed E-state index contributed by atoms with van der Waals surface area (Å²) in [5.41, 5.74) is 2.80. The van der Waals surface area contributed by atoms with Crippen LogP contribution in [0, 0.1) is 6.92 Å². The zero-order valence-corrected chi connectivity index (χ0v) is 16.3. The van der Waals surface area contributed by atoms with Gasteiger partial charge >= 0.3 is 0 Å². The van der Waals surface area contributed by atoms with E-state index in [0.29, 0.717) is 18.3 Å². The van der Waals surface area contributed by atoms with Gasteiger partial charge in [0.15, 0.2) is 0 Å². The monoisotopic (exact) mass is 382 g/mol. The number of methoxy groups -OCH3 is 1. The number of carbonyl (C=O) groups is 1. The molecule has 1 fully saturated rings. The van der Waals surface area contributed by atoms with E-state index in [9.17, 15) is 4.79 Å². The molecule has 0 bridgehead atoms. The molecule has 2 aromatic carbocycles. The van der Waals surface area contributed by atoms with Crippen LogP contribution in [0.25, 0.3) is 10.2 Å². The normalized spacial score (nSPS) is 15.1. The first-order valence-electron chi connectivity index (χ1n) is 9.09. The van der Waals surface area contributed by atoms with Crippen molar-refractivity contribution in [2.45, 2.75) is 25.9 Å². The Morgan fingerprint density at radius 3 is 2.59 bits per heavy atom. The van der Waals surface area contributed by atoms with Crippen LogP contribution < -0.4 is 9.47 Å². The van der Waals surface area contributed by atoms with Gasteiger partial charge in [0.1, 0.15) is 11.9 Å². The van der Waals surface area contributed by atoms with E-state index >= 15 is 0 Å². The summed E-state index contributed by atoms with van der Waals surface area (Å²) in [6.45, 7) is 3.43. The summed E-state index contributed by atoms with van der Waals surface area (Å²) < 4.78 is 12.4. The van der Waals surface area contributed by atoms with E-state index in [1.54, 1.807) is 18.4 Å². The largest absolute Gasteiger partial charge is 0.497 e. The first-order valence-corrected chi connectivity index (χ1v) is 9.91. The van der Waals surface area contributed by atoms with Crippen molar-refractivity contribution in [1.29, 1.82) is 0 Å². The van der Waals surface area contributed by atoms with Crippen LogP contribution in [-0.2, 0) is 0 Å². The van der Waals surface area contributed by atoms with Crippen LogP contribution >= 0.6 is 11.3 Å². The first kappa shape index (κ1) is 17.8. The number of thiazole rings is 1. The van der Waals surface area contributed by atoms with E-state index in [2.05, 4.69) is 4.98 Å². The summed E-state index contributed by atoms with van der Waals surface area (Å²) >= 11 is 1.55. The number of aromatic nitrogens is 1. The Morgan fingerprint density at radius 1 is 1.15 bits per heavy atom. The fraction of sp³-hybridized carbons (Fsp3) is 0.333. The second-order valence-electron chi connectivity index (χ2n) is 6.79. The van der Waals surface area contributed by atoms with E-state index in [1.165, 1.54) is 0 Å². The number of nitrogens with zero attached hydrogens (tertiary/aromatic N) is 2. The van der Waals surface area contributed by atoms with Gasteiger partial charge in [-0.3, -0.25) is 4.79 Å². The maximum absolute atomic E-state index is 12.6. The summed E-state index contributed by atoms with van der Waals surface area (Å²) in [5, 5.41) is 0.682. The van der Waals surface area contributed by atoms with Crippen molar-refractivity contribution in [3.8, 4) is 10.9 Å². The number of amides is 1. The number of rotatable bonds is 4. The molecule has 1 aliphatic rings. The van der Waals surface area contributed by atoms with Gasteiger partial charge in [-0.2, -0.15) is 0 Å². The molecule has 0 atom stereocenters. The molecule has 1 amide bonds. The predicted molar refractivity (Wildman–Crippen MR) is 107 cm³/mol. The molecule has 0 spiro atoms. The zero-order chi connectivity index (χ0) is 18.8. The Balaban J connectivity index is 1.36. The summed E-state index contributed by atoms with van der Waals surface area (Å²) in [6.07, 6.45) is 1.72. The molecule has 140 valence electrons. The van der Waals surface area contributed by atoms with Gasteiger partial charge in [0.05, 0.1) is 17.3 Å². The fourth-order valence-electron chi connectivity index (χ4n) is 3.26. The quantitative estimate of drug-likeness (QED) is 0.675. The van der Waals surface area contributed by atoms with Gasteiger partial charge in [0.2, 0.25) is 0 Å². The third kappa shape index (κ3) is 3.90. The van der Waals surface area contributed by atoms with Crippen molar-refractivity contribution in [1.82, 2.24) is 9.88 Å². The van der Waals surface area contributed by atoms with E-state index in [1.807, 2.05) is 54.3 Å². The molecule has 2 heterocycles. The van der Waals surface area contributed by atoms with Gasteiger partial charge in [-0.1, -0.05) is 29.0 Å². The lowest BCUT2D eigenvalue weighted by atomic mass is 10.1. The standard InChI is InChI=1S/C21H22N2O3S/c1-14-3-5-15(6-4-14)20(24)23-11-9-16(10-12-23)26-21-22-18-13-17(25-2)7-8-19(18)27-21/h3-8,13,16H,9-12H2,1-2H3. The minimum Gasteiger partial charge on any atom is -0.497 e. The Labute approximate surface area is 162 Å². The van der Waals surface area contributed by atoms with Crippen molar-refractivity contribution in [3.05, 3.63) is 53.6 Å². The van der Waals surface area contributed by atoms with Gasteiger partial charge in [-0.05, 0) is 31.2 Å². The van der Waals surface area contributed by atoms with Crippen molar-refractivity contribution < 1.29 is 14.3 Å². The average Bonchev–Trinajstić information content (AvgIpc) is 3.10. The number of aryl methyl sites for hydroxylation is 1. The van der Waals surface area contributed by atoms with Crippen LogP contribution in [0.1, 0.15) is 28.8 Å². The van der Waals surface area contributed by atoms with Crippen molar-refractivity contribution >= 4 is 27.5 Å². The Morgan fingerprint density at radius 2 is 1.89 bits per heavy atom. The second kappa shape index (κ2) is 7.56. The molecule has 0 aliphatic carbocycles. The van der Waals surface area contributed by atoms with E-state index in [4.69, 9.17) is 9.47 Å². The van der Waals surface area contributed by atoms with Crippen LogP contribution in [0.15, 0.2) is 42.5 Å². The lowest BCUT2D eigenvalue weighted by Crippen LogP contribution is -2.41. The minimum atomic E-state index is 0.0922. The summed E-state index contributed by atoms with van der Waals surface area (Å²) in [4.78, 5) is 19.1. The summed E-state index contributed by atoms with van der Waals surface area (Å²) in [7, 11) is 1.65. The Bertz CT molecular complexity index is 944. The van der Waals surface area contributed by atoms with E-state index < -0.39 is 0 Å². The second-order valence-corrected chi connectivity index (χ2v) is 7.78. The molecule has 6 heteroatoms. The van der Waals surface area contributed by atoms with Crippen LogP contribution in [0.5, 0.6) is 10.9 Å². The molecular formula is C21H22N2O3S. The number of carbonyl (C=O) groups excluding carboxylic acids is 1. The zero-order valence-electron chi connectivity index (χ0n) is 15.5. The fourth-order valence-corrected chi connectivity index (χ4v) is 4.12. The molecule has 0 radical (unpaired) electrons. The number of benzene rings is 2. The smallest absolute Gasteiger partial charge is 0.274 e. The Kier molecular flexibility index (Phi) is 4.99. The maximum Gasteiger partial charge on any atom is 0.274 e. The lowest BCUT2D eigenvalue weighted by Gasteiger charge is -2.31. The predicted octanol–water partition coefficient (Wildman–Crippen LogP) is 4.30. The number of hydrogen-bond donors (Lipinski definition) is 0. The number of hydrogen-bond acceptors (Lipinski definition) is 5. The van der Waals surface area contributed by atoms with Crippen molar-refractivity contribution in [2.24, 2.45) is 0 Å². The van der Waals surface area contributed by atoms with Gasteiger partial charge in [-0.25, -0.2) is 4.98 Å². The maximum atomic E-state index is 12.6. The Hall–Kier alpha value is -2.60. The highest BCUT2D eigenvalue weighted by Gasteiger charge is 2.25. The molecular weight excluding hydrogens is 360 g/mol. The van der Waals surface area contributed by atoms with Gasteiger partial charge in [0, 0.05) is 37.6 Å². The molecule has 0 saturated carbocycles. The SMILES string of the molecule is COc1ccc2sc(OC3CCN(C(=O)c4ccc(C)cc4)CC3)nc2c1. The van der Waals surface area contributed by atoms with Crippen LogP contribution in [0.4, 0.5) is 0 Å². The number of fused-ring (bicyclic) bond motifs is 1. The van der Waals surface area contributed by atoms with Crippen molar-refractivity contribution in [3.63, 3.8) is 0 Å². The highest BCUT2D eigenvalue weighted by Crippen LogP contribution is 2.32. The third-order valence-electron chi connectivity index (χ3n) is 4.87. The van der Waals surface area contributed by atoms with E-state index in [-0.39, 0.29) is 12.0 Å². The molecule has 27 heavy (non-hydrogen) atoms. The first-order chi connectivity index (χ1) is 13.1. The van der Waals surface area contributed by atoms with Crippen LogP contribution in [0.2, 0.25) is 0 Å². The molecule has 3 aromatic rings. The third-order valence-corrected chi connectivity index (χ3v) is 5.80. The topological polar surface area (TPSA) is 51.7 Å². The van der Waals surface area contributed by atoms with Gasteiger partial charge < -0.3 is 14.4 Å². The highest BCUT2D eigenvalue weighted by atomic mass is 32.1. The van der Waals surface area contributed by atoms with Crippen LogP contribution in [-0.4, -0.2) is 42.1 Å². The minimum absolute atomic E-state index is 0.0922. The van der Waals surface area contributed by atoms with E-state index in [0.717, 1.165) is 39.9 Å². The molecule has 0 unspecified atom stereocenters. The van der Waals surface area contributed by atoms with Gasteiger partial charge in [-0.15, -0.1) is 0 Å². The summed E-state index contributed by atoms with van der Waals surface area (Å²) in [6, 6.07) is 13.6. The number of piperidine rings is 1. The molecule has 1 aliphatic heterocycles. The van der Waals surface area contributed by atoms with Gasteiger partial charge in [0.25, 0.3) is 11.1 Å². The molecule has 4 rings (SSSR count). The number of ether oxygens (including phenoxy) is 2. The molecule has 1 saturated heterocycles. The van der Waals surface area contributed by atoms with Crippen molar-refractivity contribution in [2.75, 3.05) is 20.2 Å². The molecule has 0 N–H and O–H groups in total. The average molecular weight is 382 g/mol. The molecule has 5 nitrogen and oxygen atoms in total. The number of likely N-dealkylation sites (tertiary alicyclic amines) is 1. The highest BCUT2D eigenvalue weighted by molar-refractivity contribution is 7.20. The lowest BCUT2D eigenvalue weighted by molar-refractivity contribution is 0.0595. The molecule has 1 aromatic heterocycles. The summed E-state index contributed by atoms with van der Waals surface area (Å²) in [5.74, 6) is 0.891. The van der Waals surface area contributed by atoms with Crippen LogP contribution in [0.3, 0.4) is 0 Å².